The summed E-state index contributed by atoms with van der Waals surface area (Å²) >= 11 is 0. The highest BCUT2D eigenvalue weighted by Gasteiger charge is 2.42. The molecule has 2 heterocycles. The normalized spacial score (nSPS) is 33.6. The molecule has 0 saturated carbocycles. The number of nitrogens with one attached hydrogen (secondary N) is 1. The molecular formula is C13H22N2O4S. The summed E-state index contributed by atoms with van der Waals surface area (Å²) in [4.78, 5) is 26.0. The first kappa shape index (κ1) is 15.3. The molecule has 2 fully saturated rings. The lowest BCUT2D eigenvalue weighted by Crippen LogP contribution is -2.64. The van der Waals surface area contributed by atoms with Crippen molar-refractivity contribution >= 4 is 21.7 Å². The van der Waals surface area contributed by atoms with Crippen LogP contribution in [0.1, 0.15) is 27.2 Å². The monoisotopic (exact) mass is 302 g/mol. The third-order valence-electron chi connectivity index (χ3n) is 4.03. The average molecular weight is 302 g/mol. The summed E-state index contributed by atoms with van der Waals surface area (Å²) in [5.74, 6) is -0.000848. The van der Waals surface area contributed by atoms with Crippen molar-refractivity contribution in [1.29, 1.82) is 0 Å². The second kappa shape index (κ2) is 5.35. The minimum absolute atomic E-state index is 0.00413. The summed E-state index contributed by atoms with van der Waals surface area (Å²) in [6, 6.07) is -1.03. The zero-order chi connectivity index (χ0) is 15.1. The van der Waals surface area contributed by atoms with Gasteiger partial charge in [-0.15, -0.1) is 0 Å². The fraction of sp³-hybridized carbons (Fsp3) is 0.846. The first-order chi connectivity index (χ1) is 9.21. The first-order valence-electron chi connectivity index (χ1n) is 7.02. The molecule has 2 aliphatic rings. The van der Waals surface area contributed by atoms with Gasteiger partial charge in [0.25, 0.3) is 0 Å². The number of amides is 2. The topological polar surface area (TPSA) is 83.6 Å². The first-order valence-corrected chi connectivity index (χ1v) is 8.84. The number of rotatable bonds is 3. The standard InChI is InChI=1S/C13H22N2O4S/c1-8(2)11-12(16)14-9(3)13(17)15(11)6-10-4-5-20(18,19)7-10/h8-11H,4-7H2,1-3H3,(H,14,16). The predicted octanol–water partition coefficient (Wildman–Crippen LogP) is -0.207. The van der Waals surface area contributed by atoms with Gasteiger partial charge in [0, 0.05) is 6.54 Å². The van der Waals surface area contributed by atoms with E-state index in [2.05, 4.69) is 5.32 Å². The third kappa shape index (κ3) is 2.97. The van der Waals surface area contributed by atoms with E-state index >= 15 is 0 Å². The Morgan fingerprint density at radius 2 is 2.00 bits per heavy atom. The van der Waals surface area contributed by atoms with E-state index in [1.807, 2.05) is 13.8 Å². The molecular weight excluding hydrogens is 280 g/mol. The van der Waals surface area contributed by atoms with E-state index in [9.17, 15) is 18.0 Å². The molecule has 0 aromatic carbocycles. The van der Waals surface area contributed by atoms with Crippen LogP contribution in [0.15, 0.2) is 0 Å². The van der Waals surface area contributed by atoms with E-state index in [-0.39, 0.29) is 35.2 Å². The maximum absolute atomic E-state index is 12.3. The predicted molar refractivity (Wildman–Crippen MR) is 74.7 cm³/mol. The van der Waals surface area contributed by atoms with Crippen LogP contribution in [0.4, 0.5) is 0 Å². The molecule has 2 amide bonds. The molecule has 0 aromatic rings. The van der Waals surface area contributed by atoms with Gasteiger partial charge in [-0.1, -0.05) is 13.8 Å². The highest BCUT2D eigenvalue weighted by atomic mass is 32.2. The smallest absolute Gasteiger partial charge is 0.245 e. The Hall–Kier alpha value is -1.11. The number of hydrogen-bond acceptors (Lipinski definition) is 4. The summed E-state index contributed by atoms with van der Waals surface area (Å²) in [5, 5.41) is 2.68. The molecule has 1 N–H and O–H groups in total. The summed E-state index contributed by atoms with van der Waals surface area (Å²) in [6.07, 6.45) is 0.576. The Bertz CT molecular complexity index is 514. The summed E-state index contributed by atoms with van der Waals surface area (Å²) in [5.41, 5.74) is 0. The van der Waals surface area contributed by atoms with Gasteiger partial charge in [0.2, 0.25) is 11.8 Å². The minimum Gasteiger partial charge on any atom is -0.343 e. The lowest BCUT2D eigenvalue weighted by molar-refractivity contribution is -0.151. The van der Waals surface area contributed by atoms with Gasteiger partial charge in [0.05, 0.1) is 11.5 Å². The number of piperazine rings is 1. The molecule has 3 unspecified atom stereocenters. The minimum atomic E-state index is -2.97. The lowest BCUT2D eigenvalue weighted by atomic mass is 9.95. The zero-order valence-electron chi connectivity index (χ0n) is 12.1. The highest BCUT2D eigenvalue weighted by molar-refractivity contribution is 7.91. The number of nitrogens with zero attached hydrogens (tertiary/aromatic N) is 1. The van der Waals surface area contributed by atoms with Crippen molar-refractivity contribution in [1.82, 2.24) is 10.2 Å². The van der Waals surface area contributed by atoms with Crippen LogP contribution < -0.4 is 5.32 Å². The van der Waals surface area contributed by atoms with Gasteiger partial charge in [-0.25, -0.2) is 8.42 Å². The number of sulfone groups is 1. The van der Waals surface area contributed by atoms with Crippen molar-refractivity contribution in [2.45, 2.75) is 39.3 Å². The van der Waals surface area contributed by atoms with Gasteiger partial charge in [0.1, 0.15) is 12.1 Å². The Kier molecular flexibility index (Phi) is 4.09. The molecule has 6 nitrogen and oxygen atoms in total. The van der Waals surface area contributed by atoms with E-state index < -0.39 is 21.9 Å². The average Bonchev–Trinajstić information content (AvgIpc) is 2.64. The van der Waals surface area contributed by atoms with E-state index in [1.54, 1.807) is 11.8 Å². The zero-order valence-corrected chi connectivity index (χ0v) is 12.9. The summed E-state index contributed by atoms with van der Waals surface area (Å²) < 4.78 is 23.1. The van der Waals surface area contributed by atoms with Crippen molar-refractivity contribution in [2.24, 2.45) is 11.8 Å². The number of carbonyl (C=O) groups is 2. The van der Waals surface area contributed by atoms with Crippen molar-refractivity contribution in [3.63, 3.8) is 0 Å². The van der Waals surface area contributed by atoms with Crippen LogP contribution in [0.3, 0.4) is 0 Å². The molecule has 0 aliphatic carbocycles. The molecule has 2 saturated heterocycles. The molecule has 0 spiro atoms. The van der Waals surface area contributed by atoms with Gasteiger partial charge in [-0.3, -0.25) is 9.59 Å². The Morgan fingerprint density at radius 3 is 2.50 bits per heavy atom. The van der Waals surface area contributed by atoms with Crippen LogP contribution in [0.5, 0.6) is 0 Å². The van der Waals surface area contributed by atoms with E-state index in [0.717, 1.165) is 0 Å². The van der Waals surface area contributed by atoms with Crippen molar-refractivity contribution < 1.29 is 18.0 Å². The largest absolute Gasteiger partial charge is 0.343 e. The van der Waals surface area contributed by atoms with Crippen LogP contribution in [0.25, 0.3) is 0 Å². The molecule has 114 valence electrons. The van der Waals surface area contributed by atoms with E-state index in [1.165, 1.54) is 0 Å². The fourth-order valence-electron chi connectivity index (χ4n) is 3.05. The van der Waals surface area contributed by atoms with Gasteiger partial charge in [-0.05, 0) is 25.2 Å². The maximum Gasteiger partial charge on any atom is 0.245 e. The molecule has 2 aliphatic heterocycles. The lowest BCUT2D eigenvalue weighted by Gasteiger charge is -2.41. The second-order valence-corrected chi connectivity index (χ2v) is 8.41. The van der Waals surface area contributed by atoms with Gasteiger partial charge < -0.3 is 10.2 Å². The van der Waals surface area contributed by atoms with Gasteiger partial charge in [-0.2, -0.15) is 0 Å². The molecule has 0 bridgehead atoms. The SMILES string of the molecule is CC1NC(=O)C(C(C)C)N(CC2CCS(=O)(=O)C2)C1=O. The molecule has 7 heteroatoms. The van der Waals surface area contributed by atoms with Gasteiger partial charge in [0.15, 0.2) is 9.84 Å². The Morgan fingerprint density at radius 1 is 1.35 bits per heavy atom. The van der Waals surface area contributed by atoms with E-state index in [4.69, 9.17) is 0 Å². The molecule has 0 radical (unpaired) electrons. The van der Waals surface area contributed by atoms with Gasteiger partial charge >= 0.3 is 0 Å². The molecule has 2 rings (SSSR count). The van der Waals surface area contributed by atoms with Crippen LogP contribution in [0, 0.1) is 11.8 Å². The van der Waals surface area contributed by atoms with Crippen LogP contribution in [-0.4, -0.2) is 55.3 Å². The quantitative estimate of drug-likeness (QED) is 0.782. The van der Waals surface area contributed by atoms with Crippen molar-refractivity contribution in [3.8, 4) is 0 Å². The Labute approximate surface area is 119 Å². The Balaban J connectivity index is 2.16. The summed E-state index contributed by atoms with van der Waals surface area (Å²) in [6.45, 7) is 5.81. The third-order valence-corrected chi connectivity index (χ3v) is 5.87. The van der Waals surface area contributed by atoms with E-state index in [0.29, 0.717) is 13.0 Å². The maximum atomic E-state index is 12.3. The molecule has 20 heavy (non-hydrogen) atoms. The van der Waals surface area contributed by atoms with Crippen molar-refractivity contribution in [3.05, 3.63) is 0 Å². The molecule has 3 atom stereocenters. The molecule has 0 aromatic heterocycles. The second-order valence-electron chi connectivity index (χ2n) is 6.18. The van der Waals surface area contributed by atoms with Crippen molar-refractivity contribution in [2.75, 3.05) is 18.1 Å². The fourth-order valence-corrected chi connectivity index (χ4v) is 4.90. The summed E-state index contributed by atoms with van der Waals surface area (Å²) in [7, 11) is -2.97. The van der Waals surface area contributed by atoms with Crippen LogP contribution in [0.2, 0.25) is 0 Å². The van der Waals surface area contributed by atoms with Crippen LogP contribution in [-0.2, 0) is 19.4 Å². The van der Waals surface area contributed by atoms with Crippen LogP contribution >= 0.6 is 0 Å². The highest BCUT2D eigenvalue weighted by Crippen LogP contribution is 2.24. The number of carbonyl (C=O) groups excluding carboxylic acids is 2. The number of hydrogen-bond donors (Lipinski definition) is 1.